The quantitative estimate of drug-likeness (QED) is 0.459. The summed E-state index contributed by atoms with van der Waals surface area (Å²) in [5, 5.41) is 4.03. The summed E-state index contributed by atoms with van der Waals surface area (Å²) in [6, 6.07) is 12.2. The molecule has 4 aromatic rings. The third-order valence-electron chi connectivity index (χ3n) is 4.33. The van der Waals surface area contributed by atoms with Gasteiger partial charge in [0.25, 0.3) is 5.91 Å². The van der Waals surface area contributed by atoms with Gasteiger partial charge < -0.3 is 11.1 Å². The number of nitrogens with one attached hydrogen (secondary N) is 1. The number of pyridine rings is 1. The summed E-state index contributed by atoms with van der Waals surface area (Å²) in [6.07, 6.45) is -4.49. The number of fused-ring (bicyclic) bond motifs is 2. The van der Waals surface area contributed by atoms with Gasteiger partial charge in [0, 0.05) is 16.5 Å². The zero-order valence-electron chi connectivity index (χ0n) is 14.6. The maximum Gasteiger partial charge on any atom is 0.416 e. The number of aryl methyl sites for hydroxylation is 1. The molecular formula is C20H14F3N3OS. The highest BCUT2D eigenvalue weighted by Gasteiger charge is 2.30. The average molecular weight is 401 g/mol. The van der Waals surface area contributed by atoms with Crippen molar-refractivity contribution in [1.82, 2.24) is 4.98 Å². The number of nitrogen functional groups attached to an aromatic ring is 1. The van der Waals surface area contributed by atoms with E-state index in [9.17, 15) is 18.0 Å². The number of carbonyl (C=O) groups is 1. The van der Waals surface area contributed by atoms with E-state index in [4.69, 9.17) is 5.73 Å². The number of anilines is 2. The summed E-state index contributed by atoms with van der Waals surface area (Å²) in [5.74, 6) is -0.569. The van der Waals surface area contributed by atoms with Crippen molar-refractivity contribution in [3.8, 4) is 0 Å². The van der Waals surface area contributed by atoms with Crippen molar-refractivity contribution in [3.05, 3.63) is 64.5 Å². The van der Waals surface area contributed by atoms with Crippen LogP contribution in [0.2, 0.25) is 0 Å². The molecule has 0 aliphatic carbocycles. The molecule has 3 N–H and O–H groups in total. The Kier molecular flexibility index (Phi) is 4.23. The fourth-order valence-electron chi connectivity index (χ4n) is 2.93. The smallest absolute Gasteiger partial charge is 0.397 e. The molecule has 0 saturated carbocycles. The molecule has 2 aromatic carbocycles. The van der Waals surface area contributed by atoms with Gasteiger partial charge in [-0.25, -0.2) is 4.98 Å². The number of hydrogen-bond donors (Lipinski definition) is 2. The number of amides is 1. The zero-order valence-corrected chi connectivity index (χ0v) is 15.4. The van der Waals surface area contributed by atoms with Gasteiger partial charge in [-0.15, -0.1) is 11.3 Å². The van der Waals surface area contributed by atoms with Gasteiger partial charge in [0.15, 0.2) is 0 Å². The number of thiophene rings is 1. The van der Waals surface area contributed by atoms with Crippen LogP contribution in [0.5, 0.6) is 0 Å². The summed E-state index contributed by atoms with van der Waals surface area (Å²) in [5.41, 5.74) is 7.47. The number of alkyl halides is 3. The van der Waals surface area contributed by atoms with E-state index in [0.29, 0.717) is 10.2 Å². The van der Waals surface area contributed by atoms with Crippen molar-refractivity contribution < 1.29 is 18.0 Å². The zero-order chi connectivity index (χ0) is 20.1. The molecule has 4 nitrogen and oxygen atoms in total. The molecule has 0 unspecified atom stereocenters. The van der Waals surface area contributed by atoms with Gasteiger partial charge in [-0.3, -0.25) is 4.79 Å². The number of nitrogens with two attached hydrogens (primary N) is 1. The third-order valence-corrected chi connectivity index (χ3v) is 5.44. The molecule has 0 fully saturated rings. The Balaban J connectivity index is 1.71. The maximum absolute atomic E-state index is 12.9. The predicted octanol–water partition coefficient (Wildman–Crippen LogP) is 5.61. The molecule has 0 aliphatic heterocycles. The molecule has 0 bridgehead atoms. The Hall–Kier alpha value is -3.13. The molecule has 0 saturated heterocycles. The normalized spacial score (nSPS) is 11.9. The van der Waals surface area contributed by atoms with Crippen LogP contribution in [0.25, 0.3) is 21.1 Å². The lowest BCUT2D eigenvalue weighted by atomic mass is 10.1. The molecule has 0 radical (unpaired) electrons. The van der Waals surface area contributed by atoms with E-state index < -0.39 is 17.6 Å². The SMILES string of the molecule is Cc1ccc2cc3c(N)c(C(=O)Nc4cccc(C(F)(F)F)c4)sc3nc2c1. The summed E-state index contributed by atoms with van der Waals surface area (Å²) >= 11 is 1.11. The van der Waals surface area contributed by atoms with Crippen molar-refractivity contribution in [1.29, 1.82) is 0 Å². The van der Waals surface area contributed by atoms with E-state index in [0.717, 1.165) is 39.9 Å². The van der Waals surface area contributed by atoms with Crippen molar-refractivity contribution in [2.45, 2.75) is 13.1 Å². The standard InChI is InChI=1S/C20H14F3N3OS/c1-10-5-6-11-8-14-16(24)17(28-19(14)26-15(11)7-10)18(27)25-13-4-2-3-12(9-13)20(21,22)23/h2-9H,24H2,1H3,(H,25,27). The second-order valence-corrected chi connectivity index (χ2v) is 7.41. The van der Waals surface area contributed by atoms with E-state index in [1.165, 1.54) is 12.1 Å². The van der Waals surface area contributed by atoms with Gasteiger partial charge in [0.1, 0.15) is 9.71 Å². The first-order chi connectivity index (χ1) is 13.2. The maximum atomic E-state index is 12.9. The number of rotatable bonds is 2. The molecule has 2 aromatic heterocycles. The molecule has 4 rings (SSSR count). The molecule has 28 heavy (non-hydrogen) atoms. The number of carbonyl (C=O) groups excluding carboxylic acids is 1. The lowest BCUT2D eigenvalue weighted by molar-refractivity contribution is -0.137. The summed E-state index contributed by atoms with van der Waals surface area (Å²) < 4.78 is 38.6. The largest absolute Gasteiger partial charge is 0.416 e. The van der Waals surface area contributed by atoms with Crippen LogP contribution in [0.3, 0.4) is 0 Å². The molecule has 1 amide bonds. The Bertz CT molecular complexity index is 1230. The minimum Gasteiger partial charge on any atom is -0.397 e. The predicted molar refractivity (Wildman–Crippen MR) is 106 cm³/mol. The van der Waals surface area contributed by atoms with Crippen LogP contribution in [-0.2, 0) is 6.18 Å². The second kappa shape index (κ2) is 6.49. The van der Waals surface area contributed by atoms with Gasteiger partial charge in [-0.2, -0.15) is 13.2 Å². The summed E-state index contributed by atoms with van der Waals surface area (Å²) in [6.45, 7) is 1.96. The lowest BCUT2D eigenvalue weighted by Gasteiger charge is -2.09. The molecule has 2 heterocycles. The highest BCUT2D eigenvalue weighted by atomic mass is 32.1. The summed E-state index contributed by atoms with van der Waals surface area (Å²) in [4.78, 5) is 18.0. The fourth-order valence-corrected chi connectivity index (χ4v) is 3.91. The number of benzene rings is 2. The highest BCUT2D eigenvalue weighted by molar-refractivity contribution is 7.21. The van der Waals surface area contributed by atoms with Crippen molar-refractivity contribution in [2.24, 2.45) is 0 Å². The van der Waals surface area contributed by atoms with E-state index in [1.54, 1.807) is 0 Å². The van der Waals surface area contributed by atoms with Gasteiger partial charge in [-0.05, 0) is 42.8 Å². The van der Waals surface area contributed by atoms with Crippen molar-refractivity contribution >= 4 is 49.7 Å². The van der Waals surface area contributed by atoms with E-state index in [-0.39, 0.29) is 16.3 Å². The van der Waals surface area contributed by atoms with Gasteiger partial charge >= 0.3 is 6.18 Å². The first-order valence-corrected chi connectivity index (χ1v) is 9.12. The minimum atomic E-state index is -4.49. The minimum absolute atomic E-state index is 0.0467. The monoisotopic (exact) mass is 401 g/mol. The topological polar surface area (TPSA) is 68.0 Å². The number of hydrogen-bond acceptors (Lipinski definition) is 4. The Morgan fingerprint density at radius 1 is 1.14 bits per heavy atom. The van der Waals surface area contributed by atoms with Crippen LogP contribution >= 0.6 is 11.3 Å². The Morgan fingerprint density at radius 3 is 2.68 bits per heavy atom. The highest BCUT2D eigenvalue weighted by Crippen LogP contribution is 2.36. The Labute approximate surface area is 161 Å². The average Bonchev–Trinajstić information content (AvgIpc) is 2.95. The second-order valence-electron chi connectivity index (χ2n) is 6.41. The number of nitrogens with zero attached hydrogens (tertiary/aromatic N) is 1. The van der Waals surface area contributed by atoms with Crippen LogP contribution < -0.4 is 11.1 Å². The van der Waals surface area contributed by atoms with Crippen LogP contribution in [-0.4, -0.2) is 10.9 Å². The van der Waals surface area contributed by atoms with E-state index in [2.05, 4.69) is 10.3 Å². The van der Waals surface area contributed by atoms with Crippen LogP contribution in [0, 0.1) is 6.92 Å². The number of halogens is 3. The summed E-state index contributed by atoms with van der Waals surface area (Å²) in [7, 11) is 0. The third kappa shape index (κ3) is 3.27. The van der Waals surface area contributed by atoms with Gasteiger partial charge in [0.05, 0.1) is 16.8 Å². The molecule has 8 heteroatoms. The first-order valence-electron chi connectivity index (χ1n) is 8.30. The fraction of sp³-hybridized carbons (Fsp3) is 0.100. The molecule has 0 spiro atoms. The van der Waals surface area contributed by atoms with Crippen molar-refractivity contribution in [3.63, 3.8) is 0 Å². The van der Waals surface area contributed by atoms with E-state index in [1.807, 2.05) is 31.2 Å². The molecule has 0 aliphatic rings. The lowest BCUT2D eigenvalue weighted by Crippen LogP contribution is -2.13. The Morgan fingerprint density at radius 2 is 1.93 bits per heavy atom. The van der Waals surface area contributed by atoms with Crippen LogP contribution in [0.4, 0.5) is 24.5 Å². The van der Waals surface area contributed by atoms with E-state index >= 15 is 0 Å². The first kappa shape index (κ1) is 18.2. The number of aromatic nitrogens is 1. The molecule has 142 valence electrons. The van der Waals surface area contributed by atoms with Crippen molar-refractivity contribution in [2.75, 3.05) is 11.1 Å². The van der Waals surface area contributed by atoms with Crippen LogP contribution in [0.15, 0.2) is 48.5 Å². The molecule has 0 atom stereocenters. The van der Waals surface area contributed by atoms with Crippen LogP contribution in [0.1, 0.15) is 20.8 Å². The van der Waals surface area contributed by atoms with Gasteiger partial charge in [-0.1, -0.05) is 18.2 Å². The molecular weight excluding hydrogens is 387 g/mol. The van der Waals surface area contributed by atoms with Gasteiger partial charge in [0.2, 0.25) is 0 Å².